The van der Waals surface area contributed by atoms with Crippen LogP contribution in [-0.2, 0) is 26.0 Å². The molecule has 0 amide bonds. The van der Waals surface area contributed by atoms with E-state index in [0.717, 1.165) is 13.1 Å². The minimum absolute atomic E-state index is 0. The van der Waals surface area contributed by atoms with Crippen molar-refractivity contribution >= 4 is 52.5 Å². The van der Waals surface area contributed by atoms with E-state index in [9.17, 15) is 5.11 Å². The number of benzene rings is 4. The molecule has 250 valence electrons. The van der Waals surface area contributed by atoms with E-state index in [4.69, 9.17) is 20.3 Å². The Morgan fingerprint density at radius 1 is 0.702 bits per heavy atom. The average Bonchev–Trinajstić information content (AvgIpc) is 3.01. The second-order valence-electron chi connectivity index (χ2n) is 12.0. The van der Waals surface area contributed by atoms with Crippen molar-refractivity contribution < 1.29 is 69.4 Å². The molecule has 3 radical (unpaired) electrons. The summed E-state index contributed by atoms with van der Waals surface area (Å²) in [5.41, 5.74) is 3.44. The second kappa shape index (κ2) is 25.8. The summed E-state index contributed by atoms with van der Waals surface area (Å²) in [6.07, 6.45) is 5.10. The minimum Gasteiger partial charge on any atom is 1.00 e. The first kappa shape index (κ1) is 46.9. The molecule has 0 aromatic heterocycles. The smallest absolute Gasteiger partial charge is 1.00 e. The van der Waals surface area contributed by atoms with Gasteiger partial charge in [0, 0.05) is 33.6 Å². The van der Waals surface area contributed by atoms with Crippen LogP contribution < -0.4 is 89.2 Å². The van der Waals surface area contributed by atoms with Crippen molar-refractivity contribution in [2.75, 3.05) is 0 Å². The summed E-state index contributed by atoms with van der Waals surface area (Å²) in [5.74, 6) is 0. The van der Waals surface area contributed by atoms with Gasteiger partial charge in [-0.2, -0.15) is 0 Å². The van der Waals surface area contributed by atoms with E-state index < -0.39 is 13.5 Å². The Kier molecular flexibility index (Phi) is 25.8. The number of hydrogen-bond acceptors (Lipinski definition) is 4. The molecule has 1 fully saturated rings. The molecule has 4 aromatic carbocycles. The van der Waals surface area contributed by atoms with Crippen LogP contribution in [0.4, 0.5) is 0 Å². The van der Waals surface area contributed by atoms with Gasteiger partial charge < -0.3 is 21.9 Å². The molecule has 5 N–H and O–H groups in total. The van der Waals surface area contributed by atoms with E-state index in [1.807, 2.05) is 0 Å². The second-order valence-corrected chi connectivity index (χ2v) is 15.9. The molecule has 1 aliphatic rings. The van der Waals surface area contributed by atoms with Crippen molar-refractivity contribution in [3.63, 3.8) is 0 Å². The summed E-state index contributed by atoms with van der Waals surface area (Å²) in [5, 5.41) is 22.2. The fourth-order valence-corrected chi connectivity index (χ4v) is 7.84. The standard InChI is InChI=1S/C33H37N2P.C4H9O.B.2ClH.Co.K.H3N/c1-26-14-8-9-15-27(26)24-34-31-21-11-12-22-32(31)35-25-28-16-10-13-23-33(28)36(29-17-4-2-5-18-29)30-19-6-3-7-20-30;1-4(2,3)5;;;;;;/h2-10,13-20,23,31-32,34-35H,11-12,21-22,24-25H2,1H3;1-3H3;;2*1H;;;1H3/q;-1;;;;+2;+1;/p-2. The Bertz CT molecular complexity index is 1330. The van der Waals surface area contributed by atoms with Gasteiger partial charge in [0.05, 0.1) is 0 Å². The zero-order valence-corrected chi connectivity index (χ0v) is 35.1. The molecule has 1 aliphatic carbocycles. The van der Waals surface area contributed by atoms with Crippen LogP contribution in [0.1, 0.15) is 63.1 Å². The maximum absolute atomic E-state index is 10.1. The summed E-state index contributed by atoms with van der Waals surface area (Å²) in [4.78, 5) is 0. The van der Waals surface area contributed by atoms with Gasteiger partial charge in [-0.05, 0) is 60.3 Å². The first-order valence-corrected chi connectivity index (χ1v) is 19.5. The molecule has 0 bridgehead atoms. The monoisotopic (exact) mass is 761 g/mol. The molecule has 10 heteroatoms. The maximum Gasteiger partial charge on any atom is 1.00 e. The molecule has 47 heavy (non-hydrogen) atoms. The van der Waals surface area contributed by atoms with E-state index in [-0.39, 0.29) is 65.9 Å². The van der Waals surface area contributed by atoms with Crippen LogP contribution in [0.2, 0.25) is 0 Å². The van der Waals surface area contributed by atoms with Crippen molar-refractivity contribution in [3.8, 4) is 0 Å². The Morgan fingerprint density at radius 2 is 1.06 bits per heavy atom. The molecule has 0 saturated heterocycles. The number of rotatable bonds is 9. The summed E-state index contributed by atoms with van der Waals surface area (Å²) >= 11 is 0.382. The van der Waals surface area contributed by atoms with Gasteiger partial charge in [0.2, 0.25) is 0 Å². The number of halogens is 2. The van der Waals surface area contributed by atoms with Gasteiger partial charge in [-0.15, -0.1) is 5.60 Å². The zero-order chi connectivity index (χ0) is 31.8. The van der Waals surface area contributed by atoms with E-state index >= 15 is 0 Å². The number of aryl methyl sites for hydroxylation is 1. The third-order valence-electron chi connectivity index (χ3n) is 7.40. The summed E-state index contributed by atoms with van der Waals surface area (Å²) in [7, 11) is 8.86. The summed E-state index contributed by atoms with van der Waals surface area (Å²) in [6.45, 7) is 8.95. The van der Waals surface area contributed by atoms with Crippen molar-refractivity contribution in [2.45, 2.75) is 84.2 Å². The van der Waals surface area contributed by atoms with Crippen LogP contribution in [-0.4, -0.2) is 26.1 Å². The first-order valence-electron chi connectivity index (χ1n) is 15.2. The summed E-state index contributed by atoms with van der Waals surface area (Å²) in [6, 6.07) is 40.8. The van der Waals surface area contributed by atoms with E-state index in [2.05, 4.69) is 127 Å². The van der Waals surface area contributed by atoms with Crippen molar-refractivity contribution in [1.29, 1.82) is 0 Å². The van der Waals surface area contributed by atoms with Gasteiger partial charge in [0.1, 0.15) is 0 Å². The number of nitrogens with one attached hydrogen (secondary N) is 2. The molecule has 1 saturated carbocycles. The molecular weight excluding hydrogens is 713 g/mol. The van der Waals surface area contributed by atoms with Crippen molar-refractivity contribution in [2.24, 2.45) is 0 Å². The zero-order valence-electron chi connectivity index (χ0n) is 28.5. The predicted molar refractivity (Wildman–Crippen MR) is 198 cm³/mol. The van der Waals surface area contributed by atoms with Crippen molar-refractivity contribution in [3.05, 3.63) is 126 Å². The van der Waals surface area contributed by atoms with Gasteiger partial charge in [0.25, 0.3) is 0 Å². The van der Waals surface area contributed by atoms with Gasteiger partial charge >= 0.3 is 84.6 Å². The van der Waals surface area contributed by atoms with Crippen LogP contribution in [0.3, 0.4) is 0 Å². The molecule has 2 atom stereocenters. The van der Waals surface area contributed by atoms with E-state index in [1.54, 1.807) is 20.8 Å². The van der Waals surface area contributed by atoms with E-state index in [0.29, 0.717) is 25.0 Å². The normalized spacial score (nSPS) is 15.4. The van der Waals surface area contributed by atoms with Crippen LogP contribution >= 0.6 is 28.2 Å². The quantitative estimate of drug-likeness (QED) is 0.176. The fraction of sp³-hybridized carbons (Fsp3) is 0.351. The molecule has 0 aliphatic heterocycles. The van der Waals surface area contributed by atoms with Gasteiger partial charge in [0.15, 0.2) is 0 Å². The maximum atomic E-state index is 10.1. The minimum atomic E-state index is -0.750. The third kappa shape index (κ3) is 17.6. The molecule has 0 heterocycles. The molecule has 0 spiro atoms. The third-order valence-corrected chi connectivity index (χ3v) is 9.95. The largest absolute Gasteiger partial charge is 1.00 e. The van der Waals surface area contributed by atoms with Crippen molar-refractivity contribution in [1.82, 2.24) is 16.8 Å². The van der Waals surface area contributed by atoms with Gasteiger partial charge in [-0.25, -0.2) is 0 Å². The summed E-state index contributed by atoms with van der Waals surface area (Å²) < 4.78 is 0. The van der Waals surface area contributed by atoms with Crippen LogP contribution in [0.15, 0.2) is 109 Å². The first-order chi connectivity index (χ1) is 21.2. The van der Waals surface area contributed by atoms with E-state index in [1.165, 1.54) is 58.3 Å². The average molecular weight is 763 g/mol. The molecule has 5 rings (SSSR count). The van der Waals surface area contributed by atoms with Crippen LogP contribution in [0.25, 0.3) is 0 Å². The van der Waals surface area contributed by atoms with Crippen LogP contribution in [0, 0.1) is 6.92 Å². The van der Waals surface area contributed by atoms with Gasteiger partial charge in [-0.3, -0.25) is 0 Å². The Morgan fingerprint density at radius 3 is 1.51 bits per heavy atom. The van der Waals surface area contributed by atoms with Crippen LogP contribution in [0.5, 0.6) is 0 Å². The Labute approximate surface area is 344 Å². The molecule has 4 nitrogen and oxygen atoms in total. The SMILES string of the molecule is CC(C)(C)[O-].Cc1ccccc1CNC1CCCCC1NCc1ccccc1P(c1ccccc1)c1ccccc1.N.[B].[Cl][Co][Cl].[K+]. The fourth-order valence-electron chi connectivity index (χ4n) is 5.37. The number of hydrogen-bond donors (Lipinski definition) is 3. The molecule has 2 unspecified atom stereocenters. The topological polar surface area (TPSA) is 82.1 Å². The predicted octanol–water partition coefficient (Wildman–Crippen LogP) is 4.25. The molecule has 4 aromatic rings. The Balaban J connectivity index is 0.00000174. The molecular formula is C37H49BCl2CoKN3OP. The Hall–Kier alpha value is -0.0622. The van der Waals surface area contributed by atoms with Gasteiger partial charge in [-0.1, -0.05) is 143 Å².